The zero-order valence-corrected chi connectivity index (χ0v) is 16.9. The Balaban J connectivity index is 2.38. The van der Waals surface area contributed by atoms with Crippen LogP contribution in [0.25, 0.3) is 0 Å². The molecule has 0 radical (unpaired) electrons. The largest absolute Gasteiger partial charge is 0.391 e. The summed E-state index contributed by atoms with van der Waals surface area (Å²) in [5.74, 6) is 0. The topological polar surface area (TPSA) is 30.8 Å². The Hall–Kier alpha value is -1.75. The van der Waals surface area contributed by atoms with E-state index in [1.807, 2.05) is 43.3 Å². The minimum Gasteiger partial charge on any atom is -0.391 e. The Morgan fingerprint density at radius 1 is 0.920 bits per heavy atom. The molecule has 2 rings (SSSR count). The molecule has 0 heterocycles. The molecule has 0 aliphatic carbocycles. The van der Waals surface area contributed by atoms with Crippen molar-refractivity contribution in [1.82, 2.24) is 0 Å². The first-order valence-corrected chi connectivity index (χ1v) is 12.3. The molecule has 0 amide bonds. The van der Waals surface area contributed by atoms with Crippen molar-refractivity contribution in [3.05, 3.63) is 71.8 Å². The van der Waals surface area contributed by atoms with Gasteiger partial charge in [-0.1, -0.05) is 60.7 Å². The van der Waals surface area contributed by atoms with Gasteiger partial charge in [0.05, 0.1) is 11.8 Å². The predicted octanol–water partition coefficient (Wildman–Crippen LogP) is 5.13. The van der Waals surface area contributed by atoms with Gasteiger partial charge in [-0.15, -0.1) is 0 Å². The summed E-state index contributed by atoms with van der Waals surface area (Å²) in [6, 6.07) is 20.5. The van der Waals surface area contributed by atoms with Crippen molar-refractivity contribution in [2.75, 3.05) is 6.61 Å². The van der Waals surface area contributed by atoms with Crippen LogP contribution in [0.1, 0.15) is 25.0 Å². The summed E-state index contributed by atoms with van der Waals surface area (Å²) in [7, 11) is -1.72. The van der Waals surface area contributed by atoms with Gasteiger partial charge in [-0.3, -0.25) is 4.99 Å². The monoisotopic (exact) mass is 355 g/mol. The summed E-state index contributed by atoms with van der Waals surface area (Å²) in [4.78, 5) is 5.01. The van der Waals surface area contributed by atoms with Gasteiger partial charge in [-0.25, -0.2) is 0 Å². The van der Waals surface area contributed by atoms with Gasteiger partial charge in [0.1, 0.15) is 0 Å². The van der Waals surface area contributed by atoms with E-state index in [4.69, 9.17) is 14.2 Å². The van der Waals surface area contributed by atoms with Crippen molar-refractivity contribution in [1.29, 1.82) is 0 Å². The lowest BCUT2D eigenvalue weighted by Crippen LogP contribution is -2.39. The quantitative estimate of drug-likeness (QED) is 0.373. The molecule has 3 nitrogen and oxygen atoms in total. The van der Waals surface area contributed by atoms with Gasteiger partial charge in [0.25, 0.3) is 0 Å². The Morgan fingerprint density at radius 2 is 1.40 bits per heavy atom. The maximum Gasteiger partial charge on any atom is 0.187 e. The van der Waals surface area contributed by atoms with E-state index >= 15 is 0 Å². The molecule has 0 aromatic heterocycles. The third-order valence-electron chi connectivity index (χ3n) is 3.62. The zero-order chi connectivity index (χ0) is 18.3. The first-order chi connectivity index (χ1) is 11.9. The molecule has 2 aromatic carbocycles. The van der Waals surface area contributed by atoms with Crippen LogP contribution in [0.2, 0.25) is 19.6 Å². The number of hydrogen-bond acceptors (Lipinski definition) is 3. The van der Waals surface area contributed by atoms with Gasteiger partial charge in [-0.05, 0) is 33.5 Å². The van der Waals surface area contributed by atoms with Crippen LogP contribution in [-0.4, -0.2) is 33.0 Å². The number of hydrogen-bond donors (Lipinski definition) is 0. The van der Waals surface area contributed by atoms with Crippen LogP contribution in [0.4, 0.5) is 0 Å². The van der Waals surface area contributed by atoms with Crippen LogP contribution in [0.15, 0.2) is 65.7 Å². The second-order valence-electron chi connectivity index (χ2n) is 7.00. The molecule has 0 saturated carbocycles. The van der Waals surface area contributed by atoms with Crippen molar-refractivity contribution in [3.63, 3.8) is 0 Å². The minimum absolute atomic E-state index is 0.0953. The summed E-state index contributed by atoms with van der Waals surface area (Å²) in [5.41, 5.74) is 3.17. The van der Waals surface area contributed by atoms with Crippen molar-refractivity contribution < 1.29 is 9.16 Å². The zero-order valence-electron chi connectivity index (χ0n) is 15.9. The molecule has 0 aliphatic rings. The van der Waals surface area contributed by atoms with Crippen LogP contribution in [0.5, 0.6) is 0 Å². The second-order valence-corrected chi connectivity index (χ2v) is 11.5. The molecule has 0 saturated heterocycles. The van der Waals surface area contributed by atoms with Crippen LogP contribution in [0.3, 0.4) is 0 Å². The van der Waals surface area contributed by atoms with E-state index in [2.05, 4.69) is 50.8 Å². The third kappa shape index (κ3) is 6.23. The Morgan fingerprint density at radius 3 is 1.80 bits per heavy atom. The van der Waals surface area contributed by atoms with Crippen LogP contribution >= 0.6 is 0 Å². The van der Waals surface area contributed by atoms with E-state index < -0.39 is 8.32 Å². The van der Waals surface area contributed by atoms with Crippen molar-refractivity contribution in [3.8, 4) is 0 Å². The number of benzene rings is 2. The van der Waals surface area contributed by atoms with Gasteiger partial charge >= 0.3 is 0 Å². The molecule has 2 aromatic rings. The molecule has 4 heteroatoms. The molecule has 0 N–H and O–H groups in total. The standard InChI is InChI=1S/C21H29NO2Si/c1-6-23-21(24-25(3,4)5)17(2)22-20(18-13-9-7-10-14-18)19-15-11-8-12-16-19/h7-17,21H,6H2,1-5H3/t17-,21?/m0/s1. The summed E-state index contributed by atoms with van der Waals surface area (Å²) in [5, 5.41) is 0. The Bertz CT molecular complexity index is 624. The minimum atomic E-state index is -1.72. The number of nitrogens with zero attached hydrogens (tertiary/aromatic N) is 1. The summed E-state index contributed by atoms with van der Waals surface area (Å²) >= 11 is 0. The molecule has 0 spiro atoms. The van der Waals surface area contributed by atoms with Crippen molar-refractivity contribution >= 4 is 14.0 Å². The van der Waals surface area contributed by atoms with Gasteiger partial charge < -0.3 is 9.16 Å². The highest BCUT2D eigenvalue weighted by Gasteiger charge is 2.26. The lowest BCUT2D eigenvalue weighted by atomic mass is 10.0. The van der Waals surface area contributed by atoms with Crippen LogP contribution in [0, 0.1) is 0 Å². The number of ether oxygens (including phenoxy) is 1. The van der Waals surface area contributed by atoms with Crippen molar-refractivity contribution in [2.24, 2.45) is 4.99 Å². The fourth-order valence-electron chi connectivity index (χ4n) is 2.56. The molecule has 134 valence electrons. The Labute approximate surface area is 152 Å². The maximum absolute atomic E-state index is 6.22. The van der Waals surface area contributed by atoms with Gasteiger partial charge in [0.2, 0.25) is 0 Å². The van der Waals surface area contributed by atoms with Crippen LogP contribution < -0.4 is 0 Å². The summed E-state index contributed by atoms with van der Waals surface area (Å²) < 4.78 is 12.1. The third-order valence-corrected chi connectivity index (χ3v) is 4.56. The lowest BCUT2D eigenvalue weighted by molar-refractivity contribution is -0.0916. The smallest absolute Gasteiger partial charge is 0.187 e. The predicted molar refractivity (Wildman–Crippen MR) is 108 cm³/mol. The fourth-order valence-corrected chi connectivity index (χ4v) is 3.52. The van der Waals surface area contributed by atoms with Crippen LogP contribution in [-0.2, 0) is 9.16 Å². The fraction of sp³-hybridized carbons (Fsp3) is 0.381. The van der Waals surface area contributed by atoms with E-state index in [9.17, 15) is 0 Å². The second kappa shape index (κ2) is 9.09. The average molecular weight is 356 g/mol. The highest BCUT2D eigenvalue weighted by atomic mass is 28.4. The normalized spacial score (nSPS) is 14.0. The van der Waals surface area contributed by atoms with E-state index in [0.717, 1.165) is 16.8 Å². The molecule has 0 bridgehead atoms. The maximum atomic E-state index is 6.22. The summed E-state index contributed by atoms with van der Waals surface area (Å²) in [6.45, 7) is 11.2. The molecule has 25 heavy (non-hydrogen) atoms. The van der Waals surface area contributed by atoms with E-state index in [-0.39, 0.29) is 12.3 Å². The van der Waals surface area contributed by atoms with Gasteiger partial charge in [-0.2, -0.15) is 0 Å². The lowest BCUT2D eigenvalue weighted by Gasteiger charge is -2.29. The highest BCUT2D eigenvalue weighted by molar-refractivity contribution is 6.69. The average Bonchev–Trinajstić information content (AvgIpc) is 2.59. The molecule has 0 fully saturated rings. The number of aliphatic imine (C=N–C) groups is 1. The first kappa shape index (κ1) is 19.6. The molecular formula is C21H29NO2Si. The molecule has 2 atom stereocenters. The molecular weight excluding hydrogens is 326 g/mol. The Kier molecular flexibility index (Phi) is 7.11. The highest BCUT2D eigenvalue weighted by Crippen LogP contribution is 2.17. The first-order valence-electron chi connectivity index (χ1n) is 8.89. The van der Waals surface area contributed by atoms with Gasteiger partial charge in [0, 0.05) is 17.7 Å². The molecule has 0 aliphatic heterocycles. The van der Waals surface area contributed by atoms with E-state index in [0.29, 0.717) is 6.61 Å². The van der Waals surface area contributed by atoms with Crippen molar-refractivity contribution in [2.45, 2.75) is 45.8 Å². The number of rotatable bonds is 8. The van der Waals surface area contributed by atoms with E-state index in [1.54, 1.807) is 0 Å². The molecule has 1 unspecified atom stereocenters. The van der Waals surface area contributed by atoms with Gasteiger partial charge in [0.15, 0.2) is 14.6 Å². The SMILES string of the molecule is CCOC(O[Si](C)(C)C)[C@H](C)N=C(c1ccccc1)c1ccccc1. The summed E-state index contributed by atoms with van der Waals surface area (Å²) in [6.07, 6.45) is -0.320. The van der Waals surface area contributed by atoms with E-state index in [1.165, 1.54) is 0 Å².